The number of urea groups is 1. The summed E-state index contributed by atoms with van der Waals surface area (Å²) in [6.45, 7) is 5.74. The summed E-state index contributed by atoms with van der Waals surface area (Å²) in [6, 6.07) is 1.24. The summed E-state index contributed by atoms with van der Waals surface area (Å²) >= 11 is 1.47. The monoisotopic (exact) mass is 362 g/mol. The van der Waals surface area contributed by atoms with Crippen molar-refractivity contribution in [3.05, 3.63) is 34.5 Å². The Morgan fingerprint density at radius 1 is 1.48 bits per heavy atom. The first kappa shape index (κ1) is 16.4. The molecule has 0 bridgehead atoms. The Labute approximate surface area is 150 Å². The summed E-state index contributed by atoms with van der Waals surface area (Å²) in [6.07, 6.45) is 3.65. The van der Waals surface area contributed by atoms with Gasteiger partial charge in [0.15, 0.2) is 0 Å². The van der Waals surface area contributed by atoms with E-state index in [-0.39, 0.29) is 12.1 Å². The van der Waals surface area contributed by atoms with Gasteiger partial charge in [-0.2, -0.15) is 0 Å². The van der Waals surface area contributed by atoms with Gasteiger partial charge in [-0.15, -0.1) is 11.3 Å². The molecule has 0 saturated heterocycles. The molecule has 2 aliphatic heterocycles. The van der Waals surface area contributed by atoms with Crippen LogP contribution in [0.25, 0.3) is 0 Å². The van der Waals surface area contributed by atoms with Gasteiger partial charge in [-0.05, 0) is 38.6 Å². The zero-order valence-electron chi connectivity index (χ0n) is 14.4. The molecular weight excluding hydrogens is 340 g/mol. The van der Waals surface area contributed by atoms with Crippen LogP contribution in [0.5, 0.6) is 5.75 Å². The van der Waals surface area contributed by atoms with Crippen LogP contribution in [0.4, 0.5) is 4.79 Å². The van der Waals surface area contributed by atoms with Crippen molar-refractivity contribution in [2.75, 3.05) is 0 Å². The zero-order chi connectivity index (χ0) is 17.8. The molecule has 25 heavy (non-hydrogen) atoms. The lowest BCUT2D eigenvalue weighted by atomic mass is 9.91. The van der Waals surface area contributed by atoms with E-state index in [2.05, 4.69) is 27.1 Å². The summed E-state index contributed by atoms with van der Waals surface area (Å²) in [7, 11) is 0. The van der Waals surface area contributed by atoms with Crippen LogP contribution in [-0.4, -0.2) is 32.4 Å². The Kier molecular flexibility index (Phi) is 3.77. The number of amides is 2. The van der Waals surface area contributed by atoms with Gasteiger partial charge in [0.25, 0.3) is 0 Å². The van der Waals surface area contributed by atoms with Crippen LogP contribution in [0.3, 0.4) is 0 Å². The van der Waals surface area contributed by atoms with Crippen molar-refractivity contribution >= 4 is 17.4 Å². The topological polar surface area (TPSA) is 88.4 Å². The average molecular weight is 362 g/mol. The molecule has 3 N–H and O–H groups in total. The molecule has 4 rings (SSSR count). The minimum Gasteiger partial charge on any atom is -0.484 e. The summed E-state index contributed by atoms with van der Waals surface area (Å²) in [5, 5.41) is 18.5. The van der Waals surface area contributed by atoms with Crippen molar-refractivity contribution in [3.63, 3.8) is 0 Å². The van der Waals surface area contributed by atoms with E-state index in [1.165, 1.54) is 11.3 Å². The third-order valence-corrected chi connectivity index (χ3v) is 5.98. The first-order chi connectivity index (χ1) is 11.9. The van der Waals surface area contributed by atoms with Gasteiger partial charge < -0.3 is 25.0 Å². The number of ether oxygens (including phenoxy) is 1. The maximum absolute atomic E-state index is 12.6. The number of aliphatic hydroxyl groups excluding tert-OH is 1. The number of carbonyl (C=O) groups is 1. The summed E-state index contributed by atoms with van der Waals surface area (Å²) in [5.74, 6) is 1.59. The Bertz CT molecular complexity index is 799. The molecular formula is C17H22N4O3S. The predicted octanol–water partition coefficient (Wildman–Crippen LogP) is 2.52. The quantitative estimate of drug-likeness (QED) is 0.766. The number of imidazole rings is 1. The maximum Gasteiger partial charge on any atom is 0.315 e. The van der Waals surface area contributed by atoms with E-state index in [1.807, 2.05) is 31.5 Å². The smallest absolute Gasteiger partial charge is 0.315 e. The van der Waals surface area contributed by atoms with Crippen LogP contribution < -0.4 is 15.4 Å². The van der Waals surface area contributed by atoms with Crippen LogP contribution >= 0.6 is 11.3 Å². The average Bonchev–Trinajstić information content (AvgIpc) is 3.23. The molecule has 0 fully saturated rings. The highest BCUT2D eigenvalue weighted by Crippen LogP contribution is 2.43. The molecule has 0 aromatic carbocycles. The summed E-state index contributed by atoms with van der Waals surface area (Å²) in [4.78, 5) is 17.8. The first-order valence-corrected chi connectivity index (χ1v) is 9.29. The molecule has 2 unspecified atom stereocenters. The van der Waals surface area contributed by atoms with Gasteiger partial charge >= 0.3 is 6.03 Å². The van der Waals surface area contributed by atoms with Crippen molar-refractivity contribution in [1.82, 2.24) is 20.2 Å². The van der Waals surface area contributed by atoms with E-state index < -0.39 is 17.7 Å². The number of aromatic nitrogens is 2. The lowest BCUT2D eigenvalue weighted by molar-refractivity contribution is -0.0605. The highest BCUT2D eigenvalue weighted by atomic mass is 32.1. The fourth-order valence-electron chi connectivity index (χ4n) is 3.65. The zero-order valence-corrected chi connectivity index (χ0v) is 15.2. The van der Waals surface area contributed by atoms with Gasteiger partial charge in [-0.3, -0.25) is 0 Å². The number of hydrogen-bond acceptors (Lipinski definition) is 5. The van der Waals surface area contributed by atoms with Crippen molar-refractivity contribution in [3.8, 4) is 5.75 Å². The number of fused-ring (bicyclic) bond motifs is 2. The van der Waals surface area contributed by atoms with Crippen LogP contribution in [0.15, 0.2) is 23.8 Å². The Morgan fingerprint density at radius 2 is 2.28 bits per heavy atom. The molecule has 2 aromatic heterocycles. The van der Waals surface area contributed by atoms with Crippen molar-refractivity contribution in [1.29, 1.82) is 0 Å². The molecule has 4 atom stereocenters. The fourth-order valence-corrected chi connectivity index (χ4v) is 4.54. The third-order valence-electron chi connectivity index (χ3n) is 4.99. The van der Waals surface area contributed by atoms with Crippen LogP contribution in [-0.2, 0) is 0 Å². The van der Waals surface area contributed by atoms with E-state index in [4.69, 9.17) is 4.74 Å². The van der Waals surface area contributed by atoms with Crippen molar-refractivity contribution in [2.45, 2.75) is 57.0 Å². The van der Waals surface area contributed by atoms with Gasteiger partial charge in [0, 0.05) is 18.4 Å². The summed E-state index contributed by atoms with van der Waals surface area (Å²) in [5.41, 5.74) is -0.774. The van der Waals surface area contributed by atoms with Gasteiger partial charge in [0.2, 0.25) is 0 Å². The lowest BCUT2D eigenvalue weighted by Gasteiger charge is -2.40. The van der Waals surface area contributed by atoms with E-state index in [1.54, 1.807) is 6.20 Å². The Morgan fingerprint density at radius 3 is 3.08 bits per heavy atom. The maximum atomic E-state index is 12.6. The molecule has 0 saturated carbocycles. The Hall–Kier alpha value is -2.06. The molecule has 4 heterocycles. The third kappa shape index (κ3) is 2.69. The standard InChI is InChI=1S/C17H22N4O3S/c1-9-8-10(15-18-5-6-21(9)15)19-16(23)20-12-13-11(4-7-25-13)24-17(2,3)14(12)22/h4-7,9-10,12,14,22H,8H2,1-3H3,(H2,19,20,23)/t9?,10?,12-,14+/m0/s1. The molecule has 2 aromatic rings. The van der Waals surface area contributed by atoms with Gasteiger partial charge in [-0.25, -0.2) is 9.78 Å². The highest BCUT2D eigenvalue weighted by molar-refractivity contribution is 7.10. The van der Waals surface area contributed by atoms with Crippen molar-refractivity contribution < 1.29 is 14.6 Å². The summed E-state index contributed by atoms with van der Waals surface area (Å²) < 4.78 is 7.92. The molecule has 8 heteroatoms. The Balaban J connectivity index is 1.50. The van der Waals surface area contributed by atoms with Crippen molar-refractivity contribution in [2.24, 2.45) is 0 Å². The minimum absolute atomic E-state index is 0.127. The molecule has 134 valence electrons. The second-order valence-corrected chi connectivity index (χ2v) is 8.17. The van der Waals surface area contributed by atoms with Gasteiger partial charge in [-0.1, -0.05) is 0 Å². The molecule has 0 aliphatic carbocycles. The van der Waals surface area contributed by atoms with Crippen LogP contribution in [0.2, 0.25) is 0 Å². The van der Waals surface area contributed by atoms with E-state index in [0.717, 1.165) is 22.9 Å². The number of carbonyl (C=O) groups excluding carboxylic acids is 1. The first-order valence-electron chi connectivity index (χ1n) is 8.41. The second kappa shape index (κ2) is 5.74. The number of thiophene rings is 1. The van der Waals surface area contributed by atoms with Crippen LogP contribution in [0, 0.1) is 0 Å². The number of hydrogen-bond donors (Lipinski definition) is 3. The number of rotatable bonds is 2. The highest BCUT2D eigenvalue weighted by Gasteiger charge is 2.44. The largest absolute Gasteiger partial charge is 0.484 e. The SMILES string of the molecule is CC1CC(NC(=O)N[C@H]2c3sccc3OC(C)(C)[C@@H]2O)c2nccn21. The number of aliphatic hydroxyl groups is 1. The van der Waals surface area contributed by atoms with E-state index in [0.29, 0.717) is 6.04 Å². The lowest BCUT2D eigenvalue weighted by Crippen LogP contribution is -2.54. The van der Waals surface area contributed by atoms with E-state index in [9.17, 15) is 9.90 Å². The number of nitrogens with zero attached hydrogens (tertiary/aromatic N) is 2. The van der Waals surface area contributed by atoms with Crippen LogP contribution in [0.1, 0.15) is 56.0 Å². The molecule has 0 spiro atoms. The van der Waals surface area contributed by atoms with E-state index >= 15 is 0 Å². The molecule has 7 nitrogen and oxygen atoms in total. The molecule has 2 amide bonds. The minimum atomic E-state index is -0.839. The predicted molar refractivity (Wildman–Crippen MR) is 93.7 cm³/mol. The van der Waals surface area contributed by atoms with Gasteiger partial charge in [0.05, 0.1) is 17.0 Å². The molecule has 2 aliphatic rings. The normalized spacial score (nSPS) is 29.4. The molecule has 0 radical (unpaired) electrons. The number of nitrogens with one attached hydrogen (secondary N) is 2. The second-order valence-electron chi connectivity index (χ2n) is 7.22. The van der Waals surface area contributed by atoms with Gasteiger partial charge in [0.1, 0.15) is 23.3 Å². The fraction of sp³-hybridized carbons (Fsp3) is 0.529.